The van der Waals surface area contributed by atoms with Crippen molar-refractivity contribution in [1.29, 1.82) is 0 Å². The van der Waals surface area contributed by atoms with Crippen molar-refractivity contribution in [1.82, 2.24) is 24.4 Å². The zero-order valence-corrected chi connectivity index (χ0v) is 22.8. The van der Waals surface area contributed by atoms with Crippen LogP contribution in [0.1, 0.15) is 70.0 Å². The SMILES string of the molecule is CCCn1c(C2CCN(C)CC2)nc(-c2ccc(Cl)c(Cl)c2)c1-c1ccnc(NC2CCCCC2)n1. The molecule has 2 aliphatic rings. The Bertz CT molecular complexity index is 1180. The van der Waals surface area contributed by atoms with Crippen LogP contribution < -0.4 is 5.32 Å². The van der Waals surface area contributed by atoms with Crippen LogP contribution in [-0.4, -0.2) is 50.6 Å². The molecule has 8 heteroatoms. The molecule has 2 aromatic heterocycles. The highest BCUT2D eigenvalue weighted by molar-refractivity contribution is 6.42. The number of nitrogens with one attached hydrogen (secondary N) is 1. The first-order valence-electron chi connectivity index (χ1n) is 13.4. The van der Waals surface area contributed by atoms with E-state index in [4.69, 9.17) is 33.2 Å². The molecule has 1 saturated heterocycles. The lowest BCUT2D eigenvalue weighted by atomic mass is 9.96. The van der Waals surface area contributed by atoms with Crippen molar-refractivity contribution in [2.24, 2.45) is 0 Å². The molecule has 1 N–H and O–H groups in total. The summed E-state index contributed by atoms with van der Waals surface area (Å²) in [6.45, 7) is 5.28. The zero-order chi connectivity index (χ0) is 25.1. The molecule has 1 aliphatic heterocycles. The van der Waals surface area contributed by atoms with Gasteiger partial charge in [-0.25, -0.2) is 15.0 Å². The van der Waals surface area contributed by atoms with Crippen molar-refractivity contribution in [3.8, 4) is 22.6 Å². The van der Waals surface area contributed by atoms with Crippen LogP contribution in [0.2, 0.25) is 10.0 Å². The van der Waals surface area contributed by atoms with Crippen LogP contribution in [0.5, 0.6) is 0 Å². The van der Waals surface area contributed by atoms with E-state index in [0.29, 0.717) is 28.0 Å². The van der Waals surface area contributed by atoms with Crippen molar-refractivity contribution in [3.05, 3.63) is 46.3 Å². The van der Waals surface area contributed by atoms with Crippen molar-refractivity contribution in [2.75, 3.05) is 25.5 Å². The standard InChI is InChI=1S/C28H36Cl2N6/c1-3-15-36-26(24-11-14-31-28(33-24)32-21-7-5-4-6-8-21)25(20-9-10-22(29)23(30)18-20)34-27(36)19-12-16-35(2)17-13-19/h9-11,14,18-19,21H,3-8,12-13,15-17H2,1-2H3,(H,31,32,33). The van der Waals surface area contributed by atoms with Crippen molar-refractivity contribution in [3.63, 3.8) is 0 Å². The maximum absolute atomic E-state index is 6.46. The highest BCUT2D eigenvalue weighted by atomic mass is 35.5. The summed E-state index contributed by atoms with van der Waals surface area (Å²) in [5, 5.41) is 4.68. The topological polar surface area (TPSA) is 58.9 Å². The van der Waals surface area contributed by atoms with Gasteiger partial charge in [0.2, 0.25) is 5.95 Å². The van der Waals surface area contributed by atoms with E-state index >= 15 is 0 Å². The molecule has 0 bridgehead atoms. The number of rotatable bonds is 7. The Morgan fingerprint density at radius 2 is 1.75 bits per heavy atom. The Labute approximate surface area is 224 Å². The van der Waals surface area contributed by atoms with Crippen molar-refractivity contribution in [2.45, 2.75) is 76.8 Å². The van der Waals surface area contributed by atoms with Gasteiger partial charge in [0.1, 0.15) is 5.82 Å². The van der Waals surface area contributed by atoms with E-state index < -0.39 is 0 Å². The molecular formula is C28H36Cl2N6. The van der Waals surface area contributed by atoms with E-state index in [2.05, 4.69) is 33.7 Å². The fraction of sp³-hybridized carbons (Fsp3) is 0.536. The van der Waals surface area contributed by atoms with Gasteiger partial charge in [0.15, 0.2) is 0 Å². The summed E-state index contributed by atoms with van der Waals surface area (Å²) in [6, 6.07) is 8.24. The number of nitrogens with zero attached hydrogens (tertiary/aromatic N) is 5. The molecule has 1 aliphatic carbocycles. The molecule has 1 aromatic carbocycles. The van der Waals surface area contributed by atoms with Gasteiger partial charge >= 0.3 is 0 Å². The molecule has 0 atom stereocenters. The Morgan fingerprint density at radius 3 is 2.47 bits per heavy atom. The van der Waals surface area contributed by atoms with Gasteiger partial charge in [-0.05, 0) is 70.4 Å². The van der Waals surface area contributed by atoms with Crippen LogP contribution in [0.15, 0.2) is 30.5 Å². The number of halogens is 2. The molecule has 1 saturated carbocycles. The first-order chi connectivity index (χ1) is 17.5. The summed E-state index contributed by atoms with van der Waals surface area (Å²) < 4.78 is 2.40. The van der Waals surface area contributed by atoms with Crippen molar-refractivity contribution < 1.29 is 0 Å². The summed E-state index contributed by atoms with van der Waals surface area (Å²) in [6.07, 6.45) is 11.3. The zero-order valence-electron chi connectivity index (χ0n) is 21.3. The summed E-state index contributed by atoms with van der Waals surface area (Å²) in [5.41, 5.74) is 3.81. The lowest BCUT2D eigenvalue weighted by Crippen LogP contribution is -2.30. The number of likely N-dealkylation sites (tertiary alicyclic amines) is 1. The number of hydrogen-bond acceptors (Lipinski definition) is 5. The Kier molecular flexibility index (Phi) is 8.14. The van der Waals surface area contributed by atoms with Gasteiger partial charge in [-0.1, -0.05) is 55.5 Å². The van der Waals surface area contributed by atoms with E-state index in [-0.39, 0.29) is 0 Å². The van der Waals surface area contributed by atoms with Crippen LogP contribution in [0, 0.1) is 0 Å². The van der Waals surface area contributed by atoms with Crippen LogP contribution in [0.4, 0.5) is 5.95 Å². The summed E-state index contributed by atoms with van der Waals surface area (Å²) >= 11 is 12.7. The summed E-state index contributed by atoms with van der Waals surface area (Å²) in [7, 11) is 2.20. The van der Waals surface area contributed by atoms with Crippen LogP contribution in [0.25, 0.3) is 22.6 Å². The first kappa shape index (κ1) is 25.5. The van der Waals surface area contributed by atoms with Crippen molar-refractivity contribution >= 4 is 29.2 Å². The monoisotopic (exact) mass is 526 g/mol. The minimum atomic E-state index is 0.421. The number of piperidine rings is 1. The van der Waals surface area contributed by atoms with Crippen LogP contribution in [0.3, 0.4) is 0 Å². The lowest BCUT2D eigenvalue weighted by Gasteiger charge is -2.29. The lowest BCUT2D eigenvalue weighted by molar-refractivity contribution is 0.248. The summed E-state index contributed by atoms with van der Waals surface area (Å²) in [5.74, 6) is 2.27. The Balaban J connectivity index is 1.61. The third-order valence-corrected chi connectivity index (χ3v) is 8.30. The smallest absolute Gasteiger partial charge is 0.223 e. The Morgan fingerprint density at radius 1 is 0.972 bits per heavy atom. The third-order valence-electron chi connectivity index (χ3n) is 7.56. The molecule has 5 rings (SSSR count). The van der Waals surface area contributed by atoms with Gasteiger partial charge < -0.3 is 14.8 Å². The molecule has 6 nitrogen and oxygen atoms in total. The molecule has 36 heavy (non-hydrogen) atoms. The highest BCUT2D eigenvalue weighted by Gasteiger charge is 2.28. The molecular weight excluding hydrogens is 491 g/mol. The van der Waals surface area contributed by atoms with Crippen LogP contribution >= 0.6 is 23.2 Å². The average Bonchev–Trinajstić information content (AvgIpc) is 3.26. The molecule has 0 spiro atoms. The van der Waals surface area contributed by atoms with E-state index in [1.807, 2.05) is 30.5 Å². The van der Waals surface area contributed by atoms with E-state index in [0.717, 1.165) is 67.4 Å². The van der Waals surface area contributed by atoms with Gasteiger partial charge in [0.25, 0.3) is 0 Å². The van der Waals surface area contributed by atoms with Gasteiger partial charge in [0, 0.05) is 30.3 Å². The minimum Gasteiger partial charge on any atom is -0.351 e. The predicted molar refractivity (Wildman–Crippen MR) is 149 cm³/mol. The highest BCUT2D eigenvalue weighted by Crippen LogP contribution is 2.39. The van der Waals surface area contributed by atoms with E-state index in [1.54, 1.807) is 0 Å². The summed E-state index contributed by atoms with van der Waals surface area (Å²) in [4.78, 5) is 17.3. The average molecular weight is 528 g/mol. The van der Waals surface area contributed by atoms with E-state index in [9.17, 15) is 0 Å². The predicted octanol–water partition coefficient (Wildman–Crippen LogP) is 7.28. The fourth-order valence-electron chi connectivity index (χ4n) is 5.59. The van der Waals surface area contributed by atoms with Crippen LogP contribution in [-0.2, 0) is 6.54 Å². The van der Waals surface area contributed by atoms with Gasteiger partial charge in [-0.15, -0.1) is 0 Å². The first-order valence-corrected chi connectivity index (χ1v) is 14.1. The van der Waals surface area contributed by atoms with Gasteiger partial charge in [-0.2, -0.15) is 0 Å². The second kappa shape index (κ2) is 11.5. The molecule has 0 radical (unpaired) electrons. The Hall–Kier alpha value is -2.15. The number of imidazole rings is 1. The molecule has 3 aromatic rings. The fourth-order valence-corrected chi connectivity index (χ4v) is 5.89. The number of anilines is 1. The number of benzene rings is 1. The largest absolute Gasteiger partial charge is 0.351 e. The van der Waals surface area contributed by atoms with E-state index in [1.165, 1.54) is 32.1 Å². The molecule has 192 valence electrons. The number of aromatic nitrogens is 4. The molecule has 0 amide bonds. The molecule has 0 unspecified atom stereocenters. The molecule has 2 fully saturated rings. The minimum absolute atomic E-state index is 0.421. The van der Waals surface area contributed by atoms with Gasteiger partial charge in [0.05, 0.1) is 27.1 Å². The maximum Gasteiger partial charge on any atom is 0.223 e. The maximum atomic E-state index is 6.46. The third kappa shape index (κ3) is 5.56. The molecule has 3 heterocycles. The quantitative estimate of drug-likeness (QED) is 0.350. The second-order valence-corrected chi connectivity index (χ2v) is 11.1. The second-order valence-electron chi connectivity index (χ2n) is 10.3. The normalized spacial score (nSPS) is 18.0. The number of hydrogen-bond donors (Lipinski definition) is 1. The van der Waals surface area contributed by atoms with Gasteiger partial charge in [-0.3, -0.25) is 0 Å².